The van der Waals surface area contributed by atoms with Gasteiger partial charge in [-0.15, -0.1) is 0 Å². The predicted octanol–water partition coefficient (Wildman–Crippen LogP) is 10.3. The van der Waals surface area contributed by atoms with Gasteiger partial charge in [-0.3, -0.25) is 23.2 Å². The number of nitrogen functional groups attached to an aromatic ring is 1. The number of nitrogens with two attached hydrogens (primary N) is 1. The van der Waals surface area contributed by atoms with E-state index >= 15 is 0 Å². The first-order chi connectivity index (χ1) is 35.4. The Morgan fingerprint density at radius 2 is 1.32 bits per heavy atom. The molecular formula is C53H89N3O16P2. The Kier molecular flexibility index (Phi) is 35.7. The number of ether oxygens (including phenoxy) is 3. The molecule has 1 aliphatic heterocycles. The Bertz CT molecular complexity index is 2010. The lowest BCUT2D eigenvalue weighted by molar-refractivity contribution is -0.161. The van der Waals surface area contributed by atoms with E-state index < -0.39 is 89.8 Å². The second-order valence-electron chi connectivity index (χ2n) is 19.0. The lowest BCUT2D eigenvalue weighted by Crippen LogP contribution is -2.36. The first-order valence-corrected chi connectivity index (χ1v) is 29.8. The van der Waals surface area contributed by atoms with E-state index in [0.717, 1.165) is 55.2 Å². The molecule has 1 saturated heterocycles. The number of aliphatic hydroxyl groups is 3. The molecule has 0 aromatic carbocycles. The van der Waals surface area contributed by atoms with Crippen LogP contribution in [-0.2, 0) is 46.3 Å². The number of phosphoric acid groups is 2. The fraction of sp³-hybridized carbons (Fsp3) is 0.698. The average molecular weight is 1090 g/mol. The van der Waals surface area contributed by atoms with E-state index in [9.17, 15) is 48.6 Å². The molecule has 0 amide bonds. The molecule has 1 aromatic rings. The molecule has 1 aromatic heterocycles. The van der Waals surface area contributed by atoms with Gasteiger partial charge >= 0.3 is 33.3 Å². The zero-order chi connectivity index (χ0) is 54.5. The summed E-state index contributed by atoms with van der Waals surface area (Å²) in [6.07, 6.45) is 35.1. The molecule has 2 rings (SSSR count). The highest BCUT2D eigenvalue weighted by molar-refractivity contribution is 7.61. The molecule has 1 aliphatic rings. The van der Waals surface area contributed by atoms with Crippen molar-refractivity contribution in [1.29, 1.82) is 0 Å². The van der Waals surface area contributed by atoms with Gasteiger partial charge in [0.2, 0.25) is 0 Å². The number of carbonyl (C=O) groups is 2. The Labute approximate surface area is 439 Å². The van der Waals surface area contributed by atoms with Crippen LogP contribution in [0.25, 0.3) is 0 Å². The Morgan fingerprint density at radius 3 is 1.95 bits per heavy atom. The monoisotopic (exact) mass is 1090 g/mol. The number of anilines is 1. The zero-order valence-electron chi connectivity index (χ0n) is 44.2. The van der Waals surface area contributed by atoms with Crippen molar-refractivity contribution in [3.8, 4) is 0 Å². The number of aliphatic hydroxyl groups excluding tert-OH is 3. The second-order valence-corrected chi connectivity index (χ2v) is 22.1. The summed E-state index contributed by atoms with van der Waals surface area (Å²) in [6, 6.07) is 1.24. The molecule has 2 heterocycles. The SMILES string of the molecule is CC/C=C\C(O)C/C=C/C=C\C/C=C\C/C=C\CCCC(=O)O[C@H](COC(=O)CCCCCCCCCCCCCCCCCC(C)C)COP(=O)(O)OP(=O)(O)OC[C@H]1O[C@@H](n2ccc(N)nc2=O)[C@H](O)[C@@H]1O. The van der Waals surface area contributed by atoms with E-state index in [4.69, 9.17) is 29.0 Å². The van der Waals surface area contributed by atoms with Crippen LogP contribution in [0.15, 0.2) is 77.8 Å². The lowest BCUT2D eigenvalue weighted by Gasteiger charge is -2.21. The number of allylic oxidation sites excluding steroid dienone is 8. The summed E-state index contributed by atoms with van der Waals surface area (Å²) in [4.78, 5) is 62.0. The summed E-state index contributed by atoms with van der Waals surface area (Å²) < 4.78 is 56.8. The topological polar surface area (TPSA) is 286 Å². The Balaban J connectivity index is 1.81. The van der Waals surface area contributed by atoms with Crippen LogP contribution < -0.4 is 11.4 Å². The minimum absolute atomic E-state index is 0.0469. The number of hydrogen-bond donors (Lipinski definition) is 6. The molecule has 3 unspecified atom stereocenters. The molecule has 0 saturated carbocycles. The first-order valence-electron chi connectivity index (χ1n) is 26.8. The van der Waals surface area contributed by atoms with Gasteiger partial charge in [0, 0.05) is 19.0 Å². The van der Waals surface area contributed by atoms with E-state index in [-0.39, 0.29) is 18.7 Å². The van der Waals surface area contributed by atoms with E-state index in [1.807, 2.05) is 61.6 Å². The quantitative estimate of drug-likeness (QED) is 0.0117. The molecule has 19 nitrogen and oxygen atoms in total. The molecule has 0 spiro atoms. The van der Waals surface area contributed by atoms with Gasteiger partial charge in [-0.05, 0) is 56.9 Å². The number of phosphoric ester groups is 2. The minimum Gasteiger partial charge on any atom is -0.462 e. The maximum atomic E-state index is 12.9. The van der Waals surface area contributed by atoms with Crippen molar-refractivity contribution in [2.45, 2.75) is 212 Å². The number of aromatic nitrogens is 2. The van der Waals surface area contributed by atoms with Crippen LogP contribution in [0.1, 0.15) is 181 Å². The third-order valence-electron chi connectivity index (χ3n) is 11.9. The number of nitrogens with zero attached hydrogens (tertiary/aromatic N) is 2. The summed E-state index contributed by atoms with van der Waals surface area (Å²) in [7, 11) is -10.9. The highest BCUT2D eigenvalue weighted by Gasteiger charge is 2.46. The molecule has 7 N–H and O–H groups in total. The van der Waals surface area contributed by atoms with Crippen molar-refractivity contribution in [2.75, 3.05) is 25.6 Å². The number of unbranched alkanes of at least 4 members (excludes halogenated alkanes) is 15. The second kappa shape index (κ2) is 39.7. The van der Waals surface area contributed by atoms with Crippen molar-refractivity contribution in [2.24, 2.45) is 5.92 Å². The molecule has 422 valence electrons. The normalized spacial score (nSPS) is 19.9. The number of esters is 2. The number of rotatable bonds is 43. The van der Waals surface area contributed by atoms with Crippen LogP contribution in [0.2, 0.25) is 0 Å². The van der Waals surface area contributed by atoms with Crippen molar-refractivity contribution < 1.29 is 71.4 Å². The van der Waals surface area contributed by atoms with Gasteiger partial charge in [-0.2, -0.15) is 9.29 Å². The zero-order valence-corrected chi connectivity index (χ0v) is 45.9. The number of carbonyl (C=O) groups excluding carboxylic acids is 2. The summed E-state index contributed by atoms with van der Waals surface area (Å²) in [5.74, 6) is -0.593. The standard InChI is InChI=1S/C53H89N3O16P2/c1-4-5-34-44(57)35-30-26-22-18-14-11-12-16-20-24-28-32-37-49(59)70-45(40-67-48(58)36-31-27-23-19-15-10-8-6-7-9-13-17-21-25-29-33-43(2)3)41-68-73(63,64)72-74(65,66)69-42-46-50(60)51(61)52(71-46)56-39-38-47(54)55-53(56)62/h5,11-12,18,20,22,24,26,30,34,38-39,43-46,50-52,57,60-61H,4,6-10,13-17,19,21,23,25,27-29,31-33,35-37,40-42H2,1-3H3,(H,63,64)(H,65,66)(H2,54,55,62)/b12-11-,22-18-,24-20-,30-26+,34-5-/t44?,45-,46-,50-,51-,52-/m1/s1. The Morgan fingerprint density at radius 1 is 0.757 bits per heavy atom. The van der Waals surface area contributed by atoms with E-state index in [0.29, 0.717) is 32.1 Å². The maximum absolute atomic E-state index is 12.9. The highest BCUT2D eigenvalue weighted by Crippen LogP contribution is 2.60. The third kappa shape index (κ3) is 32.8. The fourth-order valence-electron chi connectivity index (χ4n) is 7.73. The smallest absolute Gasteiger partial charge is 0.462 e. The maximum Gasteiger partial charge on any atom is 0.481 e. The van der Waals surface area contributed by atoms with E-state index in [2.05, 4.69) is 23.1 Å². The van der Waals surface area contributed by atoms with Crippen LogP contribution in [0, 0.1) is 5.92 Å². The van der Waals surface area contributed by atoms with Gasteiger partial charge in [-0.25, -0.2) is 13.9 Å². The molecule has 0 aliphatic carbocycles. The van der Waals surface area contributed by atoms with Gasteiger partial charge in [0.05, 0.1) is 19.3 Å². The summed E-state index contributed by atoms with van der Waals surface area (Å²) in [5.41, 5.74) is 4.58. The Hall–Kier alpha value is -3.58. The molecule has 0 radical (unpaired) electrons. The van der Waals surface area contributed by atoms with E-state index in [1.165, 1.54) is 76.7 Å². The lowest BCUT2D eigenvalue weighted by atomic mass is 10.0. The highest BCUT2D eigenvalue weighted by atomic mass is 31.3. The first kappa shape index (κ1) is 66.5. The van der Waals surface area contributed by atoms with Gasteiger partial charge in [0.15, 0.2) is 12.3 Å². The largest absolute Gasteiger partial charge is 0.481 e. The molecule has 21 heteroatoms. The van der Waals surface area contributed by atoms with Crippen LogP contribution in [0.5, 0.6) is 0 Å². The predicted molar refractivity (Wildman–Crippen MR) is 285 cm³/mol. The molecular weight excluding hydrogens is 997 g/mol. The average Bonchev–Trinajstić information content (AvgIpc) is 3.62. The third-order valence-corrected chi connectivity index (χ3v) is 14.5. The summed E-state index contributed by atoms with van der Waals surface area (Å²) in [6.45, 7) is 4.20. The van der Waals surface area contributed by atoms with Crippen LogP contribution in [-0.4, -0.2) is 96.9 Å². The van der Waals surface area contributed by atoms with E-state index in [1.54, 1.807) is 6.08 Å². The number of hydrogen-bond acceptors (Lipinski definition) is 16. The minimum atomic E-state index is -5.45. The van der Waals surface area contributed by atoms with Gasteiger partial charge < -0.3 is 45.1 Å². The molecule has 74 heavy (non-hydrogen) atoms. The fourth-order valence-corrected chi connectivity index (χ4v) is 9.84. The van der Waals surface area contributed by atoms with Crippen LogP contribution in [0.3, 0.4) is 0 Å². The van der Waals surface area contributed by atoms with Crippen molar-refractivity contribution in [3.63, 3.8) is 0 Å². The van der Waals surface area contributed by atoms with Crippen molar-refractivity contribution in [3.05, 3.63) is 83.5 Å². The summed E-state index contributed by atoms with van der Waals surface area (Å²) in [5, 5.41) is 30.7. The van der Waals surface area contributed by atoms with Gasteiger partial charge in [0.1, 0.15) is 30.7 Å². The van der Waals surface area contributed by atoms with Crippen molar-refractivity contribution >= 4 is 33.4 Å². The van der Waals surface area contributed by atoms with Crippen LogP contribution >= 0.6 is 15.6 Å². The van der Waals surface area contributed by atoms with Gasteiger partial charge in [-0.1, -0.05) is 178 Å². The van der Waals surface area contributed by atoms with Crippen molar-refractivity contribution in [1.82, 2.24) is 9.55 Å². The molecule has 1 fully saturated rings. The van der Waals surface area contributed by atoms with Gasteiger partial charge in [0.25, 0.3) is 0 Å². The molecule has 8 atom stereocenters. The van der Waals surface area contributed by atoms with Crippen LogP contribution in [0.4, 0.5) is 5.82 Å². The molecule has 0 bridgehead atoms. The summed E-state index contributed by atoms with van der Waals surface area (Å²) >= 11 is 0.